The fraction of sp³-hybridized carbons (Fsp3) is 0.368. The molecule has 0 heterocycles. The highest BCUT2D eigenvalue weighted by molar-refractivity contribution is 6.30. The van der Waals surface area contributed by atoms with Gasteiger partial charge in [-0.3, -0.25) is 0 Å². The van der Waals surface area contributed by atoms with E-state index in [0.29, 0.717) is 6.04 Å². The van der Waals surface area contributed by atoms with E-state index in [1.54, 1.807) is 0 Å². The van der Waals surface area contributed by atoms with E-state index in [-0.39, 0.29) is 0 Å². The predicted octanol–water partition coefficient (Wildman–Crippen LogP) is 5.24. The molecule has 2 aromatic rings. The molecule has 0 radical (unpaired) electrons. The van der Waals surface area contributed by atoms with E-state index >= 15 is 0 Å². The second-order valence-electron chi connectivity index (χ2n) is 5.70. The summed E-state index contributed by atoms with van der Waals surface area (Å²) in [6, 6.07) is 15.2. The topological polar surface area (TPSA) is 12.0 Å². The summed E-state index contributed by atoms with van der Waals surface area (Å²) < 4.78 is 0. The second-order valence-corrected chi connectivity index (χ2v) is 6.13. The zero-order chi connectivity index (χ0) is 15.2. The highest BCUT2D eigenvalue weighted by Gasteiger charge is 2.13. The molecule has 1 atom stereocenters. The molecule has 0 spiro atoms. The summed E-state index contributed by atoms with van der Waals surface area (Å²) in [6.07, 6.45) is 2.12. The Balaban J connectivity index is 2.25. The number of rotatable bonds is 6. The van der Waals surface area contributed by atoms with Crippen LogP contribution in [0.1, 0.15) is 41.6 Å². The normalized spacial score (nSPS) is 12.4. The first-order valence-corrected chi connectivity index (χ1v) is 8.03. The number of benzene rings is 2. The Morgan fingerprint density at radius 1 is 1.10 bits per heavy atom. The van der Waals surface area contributed by atoms with Gasteiger partial charge in [0.2, 0.25) is 0 Å². The lowest BCUT2D eigenvalue weighted by Crippen LogP contribution is -2.24. The van der Waals surface area contributed by atoms with Crippen LogP contribution < -0.4 is 5.32 Å². The Bertz CT molecular complexity index is 592. The summed E-state index contributed by atoms with van der Waals surface area (Å²) in [4.78, 5) is 0. The van der Waals surface area contributed by atoms with Crippen LogP contribution in [0.15, 0.2) is 42.5 Å². The fourth-order valence-corrected chi connectivity index (χ4v) is 2.79. The first-order valence-electron chi connectivity index (χ1n) is 7.65. The number of aryl methyl sites for hydroxylation is 2. The van der Waals surface area contributed by atoms with Gasteiger partial charge in [-0.15, -0.1) is 0 Å². The molecule has 21 heavy (non-hydrogen) atoms. The molecule has 0 bridgehead atoms. The van der Waals surface area contributed by atoms with Gasteiger partial charge in [-0.1, -0.05) is 54.4 Å². The quantitative estimate of drug-likeness (QED) is 0.769. The molecule has 0 fully saturated rings. The molecule has 0 saturated heterocycles. The van der Waals surface area contributed by atoms with E-state index in [9.17, 15) is 0 Å². The van der Waals surface area contributed by atoms with Crippen molar-refractivity contribution in [2.24, 2.45) is 0 Å². The van der Waals surface area contributed by atoms with Gasteiger partial charge in [0, 0.05) is 11.1 Å². The Morgan fingerprint density at radius 2 is 1.90 bits per heavy atom. The maximum atomic E-state index is 6.15. The summed E-state index contributed by atoms with van der Waals surface area (Å²) in [6.45, 7) is 7.54. The monoisotopic (exact) mass is 301 g/mol. The number of halogens is 1. The molecule has 1 N–H and O–H groups in total. The summed E-state index contributed by atoms with van der Waals surface area (Å²) in [5.74, 6) is 0. The molecule has 2 rings (SSSR count). The summed E-state index contributed by atoms with van der Waals surface area (Å²) >= 11 is 6.15. The van der Waals surface area contributed by atoms with Crippen LogP contribution in [0.2, 0.25) is 5.02 Å². The molecule has 2 heteroatoms. The molecule has 2 aromatic carbocycles. The van der Waals surface area contributed by atoms with Crippen molar-refractivity contribution in [3.8, 4) is 0 Å². The number of hydrogen-bond donors (Lipinski definition) is 1. The van der Waals surface area contributed by atoms with Crippen LogP contribution in [0.3, 0.4) is 0 Å². The van der Waals surface area contributed by atoms with Crippen LogP contribution in [-0.4, -0.2) is 6.54 Å². The van der Waals surface area contributed by atoms with Crippen LogP contribution in [0.25, 0.3) is 0 Å². The van der Waals surface area contributed by atoms with E-state index in [0.717, 1.165) is 24.4 Å². The Hall–Kier alpha value is -1.31. The van der Waals surface area contributed by atoms with Crippen molar-refractivity contribution >= 4 is 11.6 Å². The van der Waals surface area contributed by atoms with Gasteiger partial charge >= 0.3 is 0 Å². The molecule has 112 valence electrons. The molecule has 0 amide bonds. The highest BCUT2D eigenvalue weighted by atomic mass is 35.5. The SMILES string of the molecule is CCCNC(Cc1cc(C)ccc1C)c1cccc(Cl)c1. The Kier molecular flexibility index (Phi) is 5.84. The zero-order valence-corrected chi connectivity index (χ0v) is 13.9. The molecule has 1 nitrogen and oxygen atoms in total. The lowest BCUT2D eigenvalue weighted by atomic mass is 9.95. The van der Waals surface area contributed by atoms with Gasteiger partial charge < -0.3 is 5.32 Å². The summed E-state index contributed by atoms with van der Waals surface area (Å²) in [5, 5.41) is 4.45. The largest absolute Gasteiger partial charge is 0.310 e. The van der Waals surface area contributed by atoms with E-state index in [1.165, 1.54) is 22.3 Å². The molecular weight excluding hydrogens is 278 g/mol. The fourth-order valence-electron chi connectivity index (χ4n) is 2.59. The molecule has 0 aliphatic heterocycles. The highest BCUT2D eigenvalue weighted by Crippen LogP contribution is 2.23. The maximum absolute atomic E-state index is 6.15. The summed E-state index contributed by atoms with van der Waals surface area (Å²) in [7, 11) is 0. The molecular formula is C19H24ClN. The lowest BCUT2D eigenvalue weighted by molar-refractivity contribution is 0.528. The van der Waals surface area contributed by atoms with Crippen LogP contribution in [0, 0.1) is 13.8 Å². The van der Waals surface area contributed by atoms with Crippen molar-refractivity contribution in [3.05, 3.63) is 69.7 Å². The average molecular weight is 302 g/mol. The molecule has 0 aromatic heterocycles. The smallest absolute Gasteiger partial charge is 0.0409 e. The lowest BCUT2D eigenvalue weighted by Gasteiger charge is -2.21. The van der Waals surface area contributed by atoms with Crippen LogP contribution in [-0.2, 0) is 6.42 Å². The summed E-state index contributed by atoms with van der Waals surface area (Å²) in [5.41, 5.74) is 5.34. The van der Waals surface area contributed by atoms with Gasteiger partial charge in [0.05, 0.1) is 0 Å². The minimum atomic E-state index is 0.309. The number of nitrogens with one attached hydrogen (secondary N) is 1. The molecule has 0 saturated carbocycles. The van der Waals surface area contributed by atoms with E-state index < -0.39 is 0 Å². The second kappa shape index (κ2) is 7.63. The van der Waals surface area contributed by atoms with Gasteiger partial charge in [-0.2, -0.15) is 0 Å². The first kappa shape index (κ1) is 16.1. The predicted molar refractivity (Wildman–Crippen MR) is 92.1 cm³/mol. The Labute approximate surface area is 133 Å². The van der Waals surface area contributed by atoms with Gasteiger partial charge in [0.15, 0.2) is 0 Å². The van der Waals surface area contributed by atoms with E-state index in [2.05, 4.69) is 56.4 Å². The van der Waals surface area contributed by atoms with Crippen molar-refractivity contribution in [3.63, 3.8) is 0 Å². The van der Waals surface area contributed by atoms with Crippen LogP contribution >= 0.6 is 11.6 Å². The minimum Gasteiger partial charge on any atom is -0.310 e. The molecule has 0 aliphatic rings. The molecule has 1 unspecified atom stereocenters. The third-order valence-electron chi connectivity index (χ3n) is 3.82. The standard InChI is InChI=1S/C19H24ClN/c1-4-10-21-19(16-6-5-7-18(20)12-16)13-17-11-14(2)8-9-15(17)3/h5-9,11-12,19,21H,4,10,13H2,1-3H3. The van der Waals surface area contributed by atoms with Crippen LogP contribution in [0.4, 0.5) is 0 Å². The van der Waals surface area contributed by atoms with Crippen molar-refractivity contribution in [2.45, 2.75) is 39.7 Å². The number of hydrogen-bond acceptors (Lipinski definition) is 1. The van der Waals surface area contributed by atoms with Gasteiger partial charge in [-0.05, 0) is 62.1 Å². The van der Waals surface area contributed by atoms with E-state index in [4.69, 9.17) is 11.6 Å². The van der Waals surface area contributed by atoms with Crippen molar-refractivity contribution in [1.82, 2.24) is 5.32 Å². The van der Waals surface area contributed by atoms with E-state index in [1.807, 2.05) is 12.1 Å². The third kappa shape index (κ3) is 4.59. The van der Waals surface area contributed by atoms with Crippen molar-refractivity contribution in [2.75, 3.05) is 6.54 Å². The maximum Gasteiger partial charge on any atom is 0.0409 e. The zero-order valence-electron chi connectivity index (χ0n) is 13.1. The Morgan fingerprint density at radius 3 is 2.62 bits per heavy atom. The third-order valence-corrected chi connectivity index (χ3v) is 4.06. The minimum absolute atomic E-state index is 0.309. The van der Waals surface area contributed by atoms with Gasteiger partial charge in [-0.25, -0.2) is 0 Å². The van der Waals surface area contributed by atoms with Crippen molar-refractivity contribution in [1.29, 1.82) is 0 Å². The molecule has 0 aliphatic carbocycles. The van der Waals surface area contributed by atoms with Gasteiger partial charge in [0.25, 0.3) is 0 Å². The average Bonchev–Trinajstić information content (AvgIpc) is 2.47. The van der Waals surface area contributed by atoms with Crippen LogP contribution in [0.5, 0.6) is 0 Å². The van der Waals surface area contributed by atoms with Crippen molar-refractivity contribution < 1.29 is 0 Å². The van der Waals surface area contributed by atoms with Gasteiger partial charge in [0.1, 0.15) is 0 Å². The first-order chi connectivity index (χ1) is 10.1.